The molecule has 1 saturated heterocycles. The van der Waals surface area contributed by atoms with Gasteiger partial charge in [-0.3, -0.25) is 5.21 Å². The molecule has 5 nitrogen and oxygen atoms in total. The van der Waals surface area contributed by atoms with Gasteiger partial charge in [-0.25, -0.2) is 14.8 Å². The number of thiazole rings is 1. The molecule has 2 aromatic carbocycles. The number of benzene rings is 2. The highest BCUT2D eigenvalue weighted by Gasteiger charge is 2.30. The summed E-state index contributed by atoms with van der Waals surface area (Å²) in [5.74, 6) is 0.324. The first kappa shape index (κ1) is 20.6. The molecule has 4 rings (SSSR count). The van der Waals surface area contributed by atoms with Crippen molar-refractivity contribution in [2.45, 2.75) is 38.6 Å². The van der Waals surface area contributed by atoms with Crippen LogP contribution in [0.1, 0.15) is 37.6 Å². The topological polar surface area (TPSA) is 56.7 Å². The SMILES string of the molecule is CC(C)N(O)C(=O)N1CCC(c2nc(-c3ccccc3)c(-c3ccccc3)s2)CC1. The van der Waals surface area contributed by atoms with Gasteiger partial charge in [0.25, 0.3) is 0 Å². The molecule has 1 aliphatic heterocycles. The fraction of sp³-hybridized carbons (Fsp3) is 0.333. The Labute approximate surface area is 181 Å². The first-order valence-electron chi connectivity index (χ1n) is 10.4. The van der Waals surface area contributed by atoms with E-state index in [1.807, 2.05) is 24.3 Å². The third kappa shape index (κ3) is 4.25. The second-order valence-corrected chi connectivity index (χ2v) is 8.97. The Morgan fingerprint density at radius 2 is 1.60 bits per heavy atom. The number of carbonyl (C=O) groups excluding carboxylic acids is 1. The summed E-state index contributed by atoms with van der Waals surface area (Å²) in [4.78, 5) is 20.4. The summed E-state index contributed by atoms with van der Waals surface area (Å²) in [5, 5.41) is 11.9. The number of hydrogen-bond acceptors (Lipinski definition) is 4. The van der Waals surface area contributed by atoms with Crippen LogP contribution in [0.2, 0.25) is 0 Å². The summed E-state index contributed by atoms with van der Waals surface area (Å²) in [7, 11) is 0. The monoisotopic (exact) mass is 421 g/mol. The van der Waals surface area contributed by atoms with Crippen molar-refractivity contribution in [2.24, 2.45) is 0 Å². The molecule has 0 aliphatic carbocycles. The van der Waals surface area contributed by atoms with Crippen LogP contribution >= 0.6 is 11.3 Å². The number of aromatic nitrogens is 1. The average molecular weight is 422 g/mol. The quantitative estimate of drug-likeness (QED) is 0.423. The Bertz CT molecular complexity index is 923. The average Bonchev–Trinajstić information content (AvgIpc) is 3.25. The Morgan fingerprint density at radius 1 is 1.03 bits per heavy atom. The van der Waals surface area contributed by atoms with Crippen LogP contribution in [-0.4, -0.2) is 45.3 Å². The molecule has 2 amide bonds. The van der Waals surface area contributed by atoms with Gasteiger partial charge in [0.15, 0.2) is 0 Å². The maximum atomic E-state index is 12.4. The van der Waals surface area contributed by atoms with Crippen LogP contribution in [0.25, 0.3) is 21.7 Å². The van der Waals surface area contributed by atoms with Crippen LogP contribution in [-0.2, 0) is 0 Å². The lowest BCUT2D eigenvalue weighted by atomic mass is 9.97. The molecule has 0 bridgehead atoms. The van der Waals surface area contributed by atoms with Gasteiger partial charge >= 0.3 is 6.03 Å². The van der Waals surface area contributed by atoms with E-state index in [4.69, 9.17) is 4.98 Å². The molecule has 0 spiro atoms. The van der Waals surface area contributed by atoms with Gasteiger partial charge in [0, 0.05) is 24.6 Å². The highest BCUT2D eigenvalue weighted by Crippen LogP contribution is 2.41. The second kappa shape index (κ2) is 8.98. The fourth-order valence-electron chi connectivity index (χ4n) is 3.77. The van der Waals surface area contributed by atoms with Crippen LogP contribution in [0.5, 0.6) is 0 Å². The van der Waals surface area contributed by atoms with E-state index in [1.54, 1.807) is 30.1 Å². The van der Waals surface area contributed by atoms with E-state index in [1.165, 1.54) is 10.4 Å². The molecular formula is C24H27N3O2S. The second-order valence-electron chi connectivity index (χ2n) is 7.94. The Hall–Kier alpha value is -2.70. The first-order valence-corrected chi connectivity index (χ1v) is 11.2. The van der Waals surface area contributed by atoms with Crippen molar-refractivity contribution in [3.05, 3.63) is 65.7 Å². The zero-order valence-electron chi connectivity index (χ0n) is 17.4. The number of urea groups is 1. The third-order valence-electron chi connectivity index (χ3n) is 5.53. The lowest BCUT2D eigenvalue weighted by Crippen LogP contribution is -2.47. The Kier molecular flexibility index (Phi) is 6.16. The third-order valence-corrected chi connectivity index (χ3v) is 6.79. The van der Waals surface area contributed by atoms with E-state index in [2.05, 4.69) is 36.4 Å². The van der Waals surface area contributed by atoms with Crippen LogP contribution in [0.15, 0.2) is 60.7 Å². The molecule has 1 fully saturated rings. The number of amides is 2. The minimum Gasteiger partial charge on any atom is -0.323 e. The summed E-state index contributed by atoms with van der Waals surface area (Å²) >= 11 is 1.76. The maximum Gasteiger partial charge on any atom is 0.343 e. The molecule has 1 aliphatic rings. The first-order chi connectivity index (χ1) is 14.5. The van der Waals surface area contributed by atoms with Crippen molar-refractivity contribution in [3.8, 4) is 21.7 Å². The molecule has 30 heavy (non-hydrogen) atoms. The molecule has 1 N–H and O–H groups in total. The van der Waals surface area contributed by atoms with Crippen LogP contribution < -0.4 is 0 Å². The van der Waals surface area contributed by atoms with E-state index in [0.717, 1.165) is 34.2 Å². The van der Waals surface area contributed by atoms with E-state index < -0.39 is 0 Å². The number of hydroxylamine groups is 2. The van der Waals surface area contributed by atoms with E-state index in [9.17, 15) is 10.0 Å². The van der Waals surface area contributed by atoms with Gasteiger partial charge in [0.1, 0.15) is 0 Å². The van der Waals surface area contributed by atoms with E-state index in [-0.39, 0.29) is 12.1 Å². The molecule has 0 saturated carbocycles. The molecule has 156 valence electrons. The number of rotatable bonds is 4. The van der Waals surface area contributed by atoms with Gasteiger partial charge < -0.3 is 4.90 Å². The van der Waals surface area contributed by atoms with Crippen molar-refractivity contribution in [1.82, 2.24) is 14.9 Å². The molecule has 0 radical (unpaired) electrons. The standard InChI is InChI=1S/C24H27N3O2S/c1-17(2)27(29)24(28)26-15-13-20(14-16-26)23-25-21(18-9-5-3-6-10-18)22(30-23)19-11-7-4-8-12-19/h3-12,17,20,29H,13-16H2,1-2H3. The van der Waals surface area contributed by atoms with Gasteiger partial charge in [0.05, 0.1) is 21.6 Å². The maximum absolute atomic E-state index is 12.4. The lowest BCUT2D eigenvalue weighted by molar-refractivity contribution is -0.0814. The fourth-order valence-corrected chi connectivity index (χ4v) is 5.03. The van der Waals surface area contributed by atoms with Gasteiger partial charge in [0.2, 0.25) is 0 Å². The van der Waals surface area contributed by atoms with Gasteiger partial charge in [-0.2, -0.15) is 0 Å². The summed E-state index contributed by atoms with van der Waals surface area (Å²) in [5.41, 5.74) is 3.33. The van der Waals surface area contributed by atoms with Gasteiger partial charge in [-0.1, -0.05) is 60.7 Å². The molecule has 0 atom stereocenters. The number of hydrogen-bond donors (Lipinski definition) is 1. The highest BCUT2D eigenvalue weighted by molar-refractivity contribution is 7.15. The number of likely N-dealkylation sites (tertiary alicyclic amines) is 1. The highest BCUT2D eigenvalue weighted by atomic mass is 32.1. The van der Waals surface area contributed by atoms with Crippen LogP contribution in [0.3, 0.4) is 0 Å². The number of piperidine rings is 1. The van der Waals surface area contributed by atoms with Crippen molar-refractivity contribution in [1.29, 1.82) is 0 Å². The zero-order chi connectivity index (χ0) is 21.1. The van der Waals surface area contributed by atoms with Crippen molar-refractivity contribution < 1.29 is 10.0 Å². The van der Waals surface area contributed by atoms with Crippen molar-refractivity contribution in [2.75, 3.05) is 13.1 Å². The van der Waals surface area contributed by atoms with Crippen molar-refractivity contribution in [3.63, 3.8) is 0 Å². The van der Waals surface area contributed by atoms with Crippen LogP contribution in [0.4, 0.5) is 4.79 Å². The van der Waals surface area contributed by atoms with Gasteiger partial charge in [-0.15, -0.1) is 11.3 Å². The molecule has 1 aromatic heterocycles. The van der Waals surface area contributed by atoms with Crippen LogP contribution in [0, 0.1) is 0 Å². The number of nitrogens with zero attached hydrogens (tertiary/aromatic N) is 3. The molecule has 3 aromatic rings. The normalized spacial score (nSPS) is 14.9. The smallest absolute Gasteiger partial charge is 0.323 e. The minimum atomic E-state index is -0.308. The molecular weight excluding hydrogens is 394 g/mol. The summed E-state index contributed by atoms with van der Waals surface area (Å²) in [6.07, 6.45) is 1.71. The summed E-state index contributed by atoms with van der Waals surface area (Å²) in [6, 6.07) is 20.2. The predicted octanol–water partition coefficient (Wildman–Crippen LogP) is 5.88. The van der Waals surface area contributed by atoms with E-state index >= 15 is 0 Å². The van der Waals surface area contributed by atoms with Crippen molar-refractivity contribution >= 4 is 17.4 Å². The molecule has 6 heteroatoms. The predicted molar refractivity (Wildman–Crippen MR) is 121 cm³/mol. The van der Waals surface area contributed by atoms with E-state index in [0.29, 0.717) is 19.0 Å². The molecule has 2 heterocycles. The largest absolute Gasteiger partial charge is 0.343 e. The van der Waals surface area contributed by atoms with Gasteiger partial charge in [-0.05, 0) is 32.3 Å². The summed E-state index contributed by atoms with van der Waals surface area (Å²) < 4.78 is 0. The summed E-state index contributed by atoms with van der Waals surface area (Å²) in [6.45, 7) is 4.87. The zero-order valence-corrected chi connectivity index (χ0v) is 18.2. The lowest BCUT2D eigenvalue weighted by Gasteiger charge is -2.34. The Balaban J connectivity index is 1.57. The minimum absolute atomic E-state index is 0.226. The number of carbonyl (C=O) groups is 1. The molecule has 0 unspecified atom stereocenters. The Morgan fingerprint density at radius 3 is 2.17 bits per heavy atom.